The van der Waals surface area contributed by atoms with Gasteiger partial charge in [-0.25, -0.2) is 14.9 Å². The number of benzene rings is 2. The summed E-state index contributed by atoms with van der Waals surface area (Å²) >= 11 is 0. The number of rotatable bonds is 14. The molecule has 4 aliphatic rings. The number of morpholine rings is 1. The number of aromatic nitrogens is 2. The molecular weight excluding hydrogens is 987 g/mol. The molecule has 0 spiro atoms. The third-order valence-electron chi connectivity index (χ3n) is 12.5. The fraction of sp³-hybridized carbons (Fsp3) is 0.489. The SMILES string of the molecule is CCC1CN(C(/C=C(\N)c2ccccc2O)=C(N)N)CC(c2ccc(O)cc2)O1.CONCCC(=O)Nc1cnc2c(c1)c(C1CC1)cn2C1CCN(CC2(F)CC[N-]CC2)CC1.[W]. The molecular formula is C47H64FN10O5W-. The van der Waals surface area contributed by atoms with Crippen LogP contribution in [0, 0.1) is 0 Å². The van der Waals surface area contributed by atoms with Crippen LogP contribution in [-0.4, -0.2) is 107 Å². The molecule has 10 N–H and O–H groups in total. The number of aromatic hydroxyl groups is 2. The van der Waals surface area contributed by atoms with E-state index in [-0.39, 0.29) is 56.5 Å². The van der Waals surface area contributed by atoms with Gasteiger partial charge in [-0.2, -0.15) is 0 Å². The smallest absolute Gasteiger partial charge is 0.225 e. The van der Waals surface area contributed by atoms with Crippen molar-refractivity contribution in [3.63, 3.8) is 0 Å². The number of carbonyl (C=O) groups excluding carboxylic acids is 1. The number of anilines is 1. The van der Waals surface area contributed by atoms with Gasteiger partial charge in [0.15, 0.2) is 0 Å². The Kier molecular flexibility index (Phi) is 17.1. The van der Waals surface area contributed by atoms with Crippen molar-refractivity contribution in [1.82, 2.24) is 24.8 Å². The van der Waals surface area contributed by atoms with Crippen molar-refractivity contribution >= 4 is 28.3 Å². The largest absolute Gasteiger partial charge is 0.662 e. The summed E-state index contributed by atoms with van der Waals surface area (Å²) in [5.41, 5.74) is 25.4. The summed E-state index contributed by atoms with van der Waals surface area (Å²) in [5.74, 6) is 0.961. The summed E-state index contributed by atoms with van der Waals surface area (Å²) in [6.45, 7) is 7.33. The summed E-state index contributed by atoms with van der Waals surface area (Å²) in [4.78, 5) is 26.2. The van der Waals surface area contributed by atoms with Crippen LogP contribution in [0.25, 0.3) is 22.0 Å². The topological polar surface area (TPSA) is 217 Å². The maximum atomic E-state index is 15.1. The zero-order valence-corrected chi connectivity index (χ0v) is 39.9. The first-order valence-electron chi connectivity index (χ1n) is 22.2. The van der Waals surface area contributed by atoms with E-state index in [1.165, 1.54) is 25.5 Å². The summed E-state index contributed by atoms with van der Waals surface area (Å²) in [5, 5.41) is 28.1. The average molecular weight is 1050 g/mol. The maximum absolute atomic E-state index is 15.1. The number of nitrogens with one attached hydrogen (secondary N) is 2. The predicted octanol–water partition coefficient (Wildman–Crippen LogP) is 6.24. The van der Waals surface area contributed by atoms with Gasteiger partial charge in [0.25, 0.3) is 0 Å². The molecule has 3 aliphatic heterocycles. The molecule has 4 fully saturated rings. The predicted molar refractivity (Wildman–Crippen MR) is 244 cm³/mol. The number of ether oxygens (including phenoxy) is 1. The minimum Gasteiger partial charge on any atom is -0.662 e. The summed E-state index contributed by atoms with van der Waals surface area (Å²) in [6, 6.07) is 16.3. The van der Waals surface area contributed by atoms with Gasteiger partial charge in [0, 0.05) is 95.6 Å². The molecule has 4 aromatic rings. The van der Waals surface area contributed by atoms with Crippen molar-refractivity contribution in [3.05, 3.63) is 107 Å². The van der Waals surface area contributed by atoms with Crippen molar-refractivity contribution in [3.8, 4) is 11.5 Å². The van der Waals surface area contributed by atoms with Crippen LogP contribution in [0.1, 0.15) is 93.0 Å². The Morgan fingerprint density at radius 3 is 2.42 bits per heavy atom. The molecule has 1 aliphatic carbocycles. The van der Waals surface area contributed by atoms with Gasteiger partial charge in [-0.15, -0.1) is 13.1 Å². The minimum absolute atomic E-state index is 0. The van der Waals surface area contributed by atoms with Crippen LogP contribution in [-0.2, 0) is 35.4 Å². The molecule has 17 heteroatoms. The molecule has 3 saturated heterocycles. The van der Waals surface area contributed by atoms with Crippen molar-refractivity contribution in [2.24, 2.45) is 17.2 Å². The maximum Gasteiger partial charge on any atom is 0.225 e. The van der Waals surface area contributed by atoms with Crippen LogP contribution in [0.15, 0.2) is 84.6 Å². The Hall–Kier alpha value is -4.70. The van der Waals surface area contributed by atoms with E-state index in [1.807, 2.05) is 12.1 Å². The number of halogens is 1. The number of phenolic OH excluding ortho intramolecular Hbond substituents is 2. The minimum atomic E-state index is -1.07. The summed E-state index contributed by atoms with van der Waals surface area (Å²) in [7, 11) is 1.54. The molecule has 346 valence electrons. The summed E-state index contributed by atoms with van der Waals surface area (Å²) in [6.07, 6.45) is 12.2. The zero-order valence-electron chi connectivity index (χ0n) is 36.9. The normalized spacial score (nSPS) is 20.5. The number of hydrogen-bond acceptors (Lipinski definition) is 12. The molecule has 5 heterocycles. The number of phenols is 2. The monoisotopic (exact) mass is 1050 g/mol. The number of piperidine rings is 2. The molecule has 2 atom stereocenters. The second-order valence-electron chi connectivity index (χ2n) is 17.2. The molecule has 0 radical (unpaired) electrons. The molecule has 2 aromatic carbocycles. The number of hydroxylamine groups is 1. The number of para-hydroxylation sites is 1. The van der Waals surface area contributed by atoms with Crippen LogP contribution in [0.3, 0.4) is 0 Å². The Morgan fingerprint density at radius 2 is 1.77 bits per heavy atom. The van der Waals surface area contributed by atoms with Gasteiger partial charge < -0.3 is 62.0 Å². The van der Waals surface area contributed by atoms with E-state index >= 15 is 4.39 Å². The number of fused-ring (bicyclic) bond motifs is 1. The fourth-order valence-electron chi connectivity index (χ4n) is 8.86. The molecule has 64 heavy (non-hydrogen) atoms. The fourth-order valence-corrected chi connectivity index (χ4v) is 8.86. The van der Waals surface area contributed by atoms with Gasteiger partial charge in [0.2, 0.25) is 5.91 Å². The third kappa shape index (κ3) is 12.5. The molecule has 2 unspecified atom stereocenters. The van der Waals surface area contributed by atoms with Crippen LogP contribution >= 0.6 is 0 Å². The number of allylic oxidation sites excluding steroid dienone is 1. The number of carbonyl (C=O) groups is 1. The van der Waals surface area contributed by atoms with Gasteiger partial charge in [0.05, 0.1) is 30.8 Å². The van der Waals surface area contributed by atoms with Crippen LogP contribution in [0.5, 0.6) is 11.5 Å². The second-order valence-corrected chi connectivity index (χ2v) is 17.2. The second kappa shape index (κ2) is 22.5. The summed E-state index contributed by atoms with van der Waals surface area (Å²) < 4.78 is 23.7. The van der Waals surface area contributed by atoms with E-state index in [0.717, 1.165) is 54.6 Å². The molecule has 15 nitrogen and oxygen atoms in total. The van der Waals surface area contributed by atoms with Gasteiger partial charge in [0.1, 0.15) is 34.7 Å². The number of pyridine rings is 1. The van der Waals surface area contributed by atoms with E-state index in [1.54, 1.807) is 48.7 Å². The van der Waals surface area contributed by atoms with E-state index in [9.17, 15) is 15.0 Å². The Morgan fingerprint density at radius 1 is 1.05 bits per heavy atom. The third-order valence-corrected chi connectivity index (χ3v) is 12.5. The first-order valence-corrected chi connectivity index (χ1v) is 22.2. The Labute approximate surface area is 389 Å². The number of nitrogens with zero attached hydrogens (tertiary/aromatic N) is 5. The molecule has 0 bridgehead atoms. The van der Waals surface area contributed by atoms with Crippen LogP contribution in [0.4, 0.5) is 10.1 Å². The number of nitrogens with two attached hydrogens (primary N) is 3. The molecule has 1 amide bonds. The number of alkyl halides is 1. The first-order chi connectivity index (χ1) is 30.4. The molecule has 2 aromatic heterocycles. The zero-order chi connectivity index (χ0) is 44.5. The number of hydrogen-bond donors (Lipinski definition) is 7. The van der Waals surface area contributed by atoms with Crippen molar-refractivity contribution in [1.29, 1.82) is 0 Å². The van der Waals surface area contributed by atoms with Crippen LogP contribution in [0.2, 0.25) is 0 Å². The first kappa shape index (κ1) is 48.7. The molecule has 8 rings (SSSR count). The van der Waals surface area contributed by atoms with Crippen LogP contribution < -0.4 is 28.0 Å². The van der Waals surface area contributed by atoms with Crippen molar-refractivity contribution in [2.45, 2.75) is 88.1 Å². The van der Waals surface area contributed by atoms with Gasteiger partial charge in [-0.05, 0) is 98.4 Å². The standard InChI is InChI=1S/C25H36FN6O2.C22H28N4O3.W/c1-34-29-9-4-23(33)30-19-14-21-22(18-2-3-18)16-32(24(21)28-15-19)20-5-12-31(13-6-20)17-25(26)7-10-27-11-8-25;1-2-16-12-26(13-21(29-16)14-7-9-15(27)10-8-14)19(22(24)25)11-18(23)17-5-3-4-6-20(17)28;/h14-16,18,20,29H,2-13,17H2,1H3,(H,30,33);3-11,16,21,27-28H,2,12-13,23-25H2,1H3;/q-1;;/b;18-11-;. The Balaban J connectivity index is 0.000000212. The molecule has 1 saturated carbocycles. The van der Waals surface area contributed by atoms with Gasteiger partial charge in [-0.1, -0.05) is 31.2 Å². The van der Waals surface area contributed by atoms with E-state index < -0.39 is 5.67 Å². The quantitative estimate of drug-likeness (QED) is 0.0425. The van der Waals surface area contributed by atoms with Gasteiger partial charge >= 0.3 is 0 Å². The van der Waals surface area contributed by atoms with E-state index in [2.05, 4.69) is 49.7 Å². The van der Waals surface area contributed by atoms with Gasteiger partial charge in [-0.3, -0.25) is 4.79 Å². The van der Waals surface area contributed by atoms with Crippen molar-refractivity contribution in [2.75, 3.05) is 64.8 Å². The number of amides is 1. The van der Waals surface area contributed by atoms with E-state index in [4.69, 9.17) is 31.8 Å². The van der Waals surface area contributed by atoms with Crippen molar-refractivity contribution < 1.29 is 50.0 Å². The van der Waals surface area contributed by atoms with E-state index in [0.29, 0.717) is 87.4 Å². The Bertz CT molecular complexity index is 2220. The number of likely N-dealkylation sites (tertiary alicyclic amines) is 1. The average Bonchev–Trinajstić information content (AvgIpc) is 4.06.